The predicted molar refractivity (Wildman–Crippen MR) is 147 cm³/mol. The number of rotatable bonds is 10. The summed E-state index contributed by atoms with van der Waals surface area (Å²) in [5.74, 6) is 2.83. The van der Waals surface area contributed by atoms with Gasteiger partial charge in [0, 0.05) is 31.1 Å². The molecule has 0 saturated carbocycles. The van der Waals surface area contributed by atoms with Gasteiger partial charge in [0.1, 0.15) is 12.1 Å². The van der Waals surface area contributed by atoms with Gasteiger partial charge in [-0.05, 0) is 102 Å². The standard InChI is InChI=1S/C30H48N4O2/c1-22(2)19-25-10-7-15-33(20-25)16-8-14-31-29(35)26-12-17-34(18-13-26)21-28-24(4)36-30(32-28)27-11-6-5-9-23(27)3/h5-6,9,11,22,24-26,28H,7-8,10,12-21H2,1-4H3,(H,31,35). The summed E-state index contributed by atoms with van der Waals surface area (Å²) in [4.78, 5) is 22.8. The number of hydrogen-bond donors (Lipinski definition) is 1. The number of carbonyl (C=O) groups excluding carboxylic acids is 1. The molecule has 200 valence electrons. The Labute approximate surface area is 218 Å². The number of piperidine rings is 2. The Bertz CT molecular complexity index is 877. The van der Waals surface area contributed by atoms with Gasteiger partial charge in [0.2, 0.25) is 11.8 Å². The van der Waals surface area contributed by atoms with Gasteiger partial charge in [0.05, 0.1) is 0 Å². The highest BCUT2D eigenvalue weighted by atomic mass is 16.5. The van der Waals surface area contributed by atoms with E-state index < -0.39 is 0 Å². The van der Waals surface area contributed by atoms with Crippen LogP contribution in [0.4, 0.5) is 0 Å². The smallest absolute Gasteiger partial charge is 0.223 e. The summed E-state index contributed by atoms with van der Waals surface area (Å²) in [5, 5.41) is 3.23. The molecule has 6 nitrogen and oxygen atoms in total. The molecule has 0 radical (unpaired) electrons. The summed E-state index contributed by atoms with van der Waals surface area (Å²) in [6.45, 7) is 16.1. The number of carbonyl (C=O) groups is 1. The number of nitrogens with one attached hydrogen (secondary N) is 1. The van der Waals surface area contributed by atoms with E-state index in [9.17, 15) is 4.79 Å². The lowest BCUT2D eigenvalue weighted by molar-refractivity contribution is -0.126. The van der Waals surface area contributed by atoms with Crippen LogP contribution in [0.25, 0.3) is 0 Å². The van der Waals surface area contributed by atoms with Gasteiger partial charge >= 0.3 is 0 Å². The van der Waals surface area contributed by atoms with E-state index in [0.29, 0.717) is 0 Å². The summed E-state index contributed by atoms with van der Waals surface area (Å²) in [6.07, 6.45) is 7.07. The van der Waals surface area contributed by atoms with Crippen LogP contribution in [0.15, 0.2) is 29.3 Å². The van der Waals surface area contributed by atoms with E-state index in [0.717, 1.165) is 75.3 Å². The highest BCUT2D eigenvalue weighted by Gasteiger charge is 2.32. The molecule has 1 aromatic rings. The molecule has 36 heavy (non-hydrogen) atoms. The lowest BCUT2D eigenvalue weighted by Gasteiger charge is -2.34. The number of likely N-dealkylation sites (tertiary alicyclic amines) is 2. The Balaban J connectivity index is 1.13. The third-order valence-electron chi connectivity index (χ3n) is 8.26. The molecular weight excluding hydrogens is 448 g/mol. The third kappa shape index (κ3) is 7.55. The van der Waals surface area contributed by atoms with Crippen LogP contribution in [-0.4, -0.2) is 79.6 Å². The number of nitrogens with zero attached hydrogens (tertiary/aromatic N) is 3. The summed E-state index contributed by atoms with van der Waals surface area (Å²) in [6, 6.07) is 8.43. The highest BCUT2D eigenvalue weighted by molar-refractivity contribution is 5.96. The average molecular weight is 497 g/mol. The fourth-order valence-electron chi connectivity index (χ4n) is 6.19. The molecular formula is C30H48N4O2. The van der Waals surface area contributed by atoms with Crippen LogP contribution in [0.5, 0.6) is 0 Å². The largest absolute Gasteiger partial charge is 0.472 e. The predicted octanol–water partition coefficient (Wildman–Crippen LogP) is 4.51. The minimum atomic E-state index is 0.0844. The van der Waals surface area contributed by atoms with E-state index >= 15 is 0 Å². The first kappa shape index (κ1) is 27.1. The molecule has 0 bridgehead atoms. The van der Waals surface area contributed by atoms with Gasteiger partial charge in [-0.1, -0.05) is 32.0 Å². The molecule has 1 amide bonds. The van der Waals surface area contributed by atoms with Gasteiger partial charge in [-0.3, -0.25) is 4.79 Å². The van der Waals surface area contributed by atoms with Crippen molar-refractivity contribution in [3.63, 3.8) is 0 Å². The molecule has 3 heterocycles. The fraction of sp³-hybridized carbons (Fsp3) is 0.733. The second-order valence-corrected chi connectivity index (χ2v) is 11.8. The summed E-state index contributed by atoms with van der Waals surface area (Å²) >= 11 is 0. The maximum Gasteiger partial charge on any atom is 0.223 e. The Kier molecular flexibility index (Phi) is 9.83. The monoisotopic (exact) mass is 496 g/mol. The zero-order chi connectivity index (χ0) is 25.5. The molecule has 2 saturated heterocycles. The van der Waals surface area contributed by atoms with E-state index in [1.165, 1.54) is 37.9 Å². The zero-order valence-electron chi connectivity index (χ0n) is 23.0. The van der Waals surface area contributed by atoms with Crippen molar-refractivity contribution in [2.24, 2.45) is 22.7 Å². The topological polar surface area (TPSA) is 57.2 Å². The van der Waals surface area contributed by atoms with Gasteiger partial charge in [0.15, 0.2) is 0 Å². The maximum absolute atomic E-state index is 12.8. The Hall–Kier alpha value is -1.92. The minimum absolute atomic E-state index is 0.0844. The molecule has 1 N–H and O–H groups in total. The Morgan fingerprint density at radius 1 is 1.14 bits per heavy atom. The van der Waals surface area contributed by atoms with E-state index in [4.69, 9.17) is 9.73 Å². The van der Waals surface area contributed by atoms with Crippen LogP contribution in [0.1, 0.15) is 70.4 Å². The molecule has 3 atom stereocenters. The first-order valence-electron chi connectivity index (χ1n) is 14.4. The van der Waals surface area contributed by atoms with Gasteiger partial charge in [-0.25, -0.2) is 4.99 Å². The first-order chi connectivity index (χ1) is 17.4. The Morgan fingerprint density at radius 2 is 1.92 bits per heavy atom. The zero-order valence-corrected chi connectivity index (χ0v) is 23.0. The van der Waals surface area contributed by atoms with Gasteiger partial charge < -0.3 is 19.9 Å². The molecule has 3 aliphatic heterocycles. The van der Waals surface area contributed by atoms with Crippen molar-refractivity contribution in [2.45, 2.75) is 78.4 Å². The average Bonchev–Trinajstić information content (AvgIpc) is 3.22. The number of ether oxygens (including phenoxy) is 1. The Morgan fingerprint density at radius 3 is 2.67 bits per heavy atom. The van der Waals surface area contributed by atoms with Crippen molar-refractivity contribution in [3.05, 3.63) is 35.4 Å². The van der Waals surface area contributed by atoms with Crippen LogP contribution in [0, 0.1) is 24.7 Å². The van der Waals surface area contributed by atoms with Crippen molar-refractivity contribution in [1.82, 2.24) is 15.1 Å². The molecule has 0 aromatic heterocycles. The highest BCUT2D eigenvalue weighted by Crippen LogP contribution is 2.25. The summed E-state index contributed by atoms with van der Waals surface area (Å²) in [7, 11) is 0. The summed E-state index contributed by atoms with van der Waals surface area (Å²) in [5.41, 5.74) is 2.29. The van der Waals surface area contributed by atoms with E-state index in [1.54, 1.807) is 0 Å². The van der Waals surface area contributed by atoms with Crippen molar-refractivity contribution in [1.29, 1.82) is 0 Å². The molecule has 0 aliphatic carbocycles. The lowest BCUT2D eigenvalue weighted by atomic mass is 9.90. The number of amides is 1. The van der Waals surface area contributed by atoms with Crippen LogP contribution in [0.3, 0.4) is 0 Å². The normalized spacial score (nSPS) is 26.1. The SMILES string of the molecule is Cc1ccccc1C1=NC(CN2CCC(C(=O)NCCCN3CCCC(CC(C)C)C3)CC2)C(C)O1. The van der Waals surface area contributed by atoms with Gasteiger partial charge in [-0.15, -0.1) is 0 Å². The lowest BCUT2D eigenvalue weighted by Crippen LogP contribution is -2.44. The first-order valence-corrected chi connectivity index (χ1v) is 14.4. The molecule has 1 aromatic carbocycles. The van der Waals surface area contributed by atoms with Crippen molar-refractivity contribution in [3.8, 4) is 0 Å². The second kappa shape index (κ2) is 13.0. The van der Waals surface area contributed by atoms with Gasteiger partial charge in [-0.2, -0.15) is 0 Å². The number of hydrogen-bond acceptors (Lipinski definition) is 5. The molecule has 6 heteroatoms. The van der Waals surface area contributed by atoms with Gasteiger partial charge in [0.25, 0.3) is 0 Å². The second-order valence-electron chi connectivity index (χ2n) is 11.8. The molecule has 3 unspecified atom stereocenters. The van der Waals surface area contributed by atoms with E-state index in [2.05, 4.69) is 54.9 Å². The molecule has 2 fully saturated rings. The van der Waals surface area contributed by atoms with Crippen molar-refractivity contribution < 1.29 is 9.53 Å². The van der Waals surface area contributed by atoms with Crippen LogP contribution in [0.2, 0.25) is 0 Å². The quantitative estimate of drug-likeness (QED) is 0.485. The van der Waals surface area contributed by atoms with E-state index in [1.807, 2.05) is 12.1 Å². The number of aliphatic imine (C=N–C) groups is 1. The summed E-state index contributed by atoms with van der Waals surface area (Å²) < 4.78 is 6.12. The van der Waals surface area contributed by atoms with Crippen LogP contribution in [-0.2, 0) is 9.53 Å². The maximum atomic E-state index is 12.8. The number of benzene rings is 1. The van der Waals surface area contributed by atoms with Crippen LogP contribution < -0.4 is 5.32 Å². The fourth-order valence-corrected chi connectivity index (χ4v) is 6.19. The molecule has 4 rings (SSSR count). The van der Waals surface area contributed by atoms with Crippen LogP contribution >= 0.6 is 0 Å². The van der Waals surface area contributed by atoms with Crippen molar-refractivity contribution in [2.75, 3.05) is 45.8 Å². The number of aryl methyl sites for hydroxylation is 1. The van der Waals surface area contributed by atoms with E-state index in [-0.39, 0.29) is 24.0 Å². The molecule has 3 aliphatic rings. The third-order valence-corrected chi connectivity index (χ3v) is 8.26. The molecule has 0 spiro atoms. The van der Waals surface area contributed by atoms with Crippen molar-refractivity contribution >= 4 is 11.8 Å². The minimum Gasteiger partial charge on any atom is -0.472 e.